The molecule has 0 aliphatic heterocycles. The van der Waals surface area contributed by atoms with E-state index in [1.54, 1.807) is 7.11 Å². The summed E-state index contributed by atoms with van der Waals surface area (Å²) in [5, 5.41) is 0. The summed E-state index contributed by atoms with van der Waals surface area (Å²) in [5.74, 6) is 0. The van der Waals surface area contributed by atoms with Gasteiger partial charge in [0.1, 0.15) is 0 Å². The fourth-order valence-corrected chi connectivity index (χ4v) is 1.44. The molecule has 1 rings (SSSR count). The first-order valence-electron chi connectivity index (χ1n) is 5.54. The van der Waals surface area contributed by atoms with E-state index in [9.17, 15) is 0 Å². The van der Waals surface area contributed by atoms with Gasteiger partial charge in [-0.25, -0.2) is 0 Å². The van der Waals surface area contributed by atoms with Crippen molar-refractivity contribution >= 4 is 0 Å². The minimum absolute atomic E-state index is 0.0591. The molecule has 1 aromatic rings. The van der Waals surface area contributed by atoms with Crippen LogP contribution in [0.3, 0.4) is 0 Å². The summed E-state index contributed by atoms with van der Waals surface area (Å²) in [6.45, 7) is 5.93. The quantitative estimate of drug-likeness (QED) is 0.750. The highest BCUT2D eigenvalue weighted by Crippen LogP contribution is 2.15. The first-order valence-corrected chi connectivity index (χ1v) is 5.54. The van der Waals surface area contributed by atoms with E-state index < -0.39 is 0 Å². The number of methoxy groups -OCH3 is 1. The normalized spacial score (nSPS) is 12.8. The van der Waals surface area contributed by atoms with Crippen molar-refractivity contribution in [3.63, 3.8) is 0 Å². The Kier molecular flexibility index (Phi) is 5.46. The number of nitrogens with two attached hydrogens (primary N) is 1. The number of ether oxygens (including phenoxy) is 2. The van der Waals surface area contributed by atoms with Crippen LogP contribution in [0.1, 0.15) is 22.7 Å². The van der Waals surface area contributed by atoms with Crippen LogP contribution in [0.15, 0.2) is 18.2 Å². The predicted octanol–water partition coefficient (Wildman–Crippen LogP) is 1.97. The molecule has 0 amide bonds. The molecule has 0 aliphatic rings. The first-order chi connectivity index (χ1) is 7.65. The lowest BCUT2D eigenvalue weighted by Gasteiger charge is -2.14. The van der Waals surface area contributed by atoms with E-state index in [0.29, 0.717) is 19.8 Å². The Balaban J connectivity index is 2.46. The van der Waals surface area contributed by atoms with Crippen molar-refractivity contribution in [1.82, 2.24) is 0 Å². The van der Waals surface area contributed by atoms with E-state index in [4.69, 9.17) is 15.2 Å². The van der Waals surface area contributed by atoms with E-state index >= 15 is 0 Å². The van der Waals surface area contributed by atoms with Gasteiger partial charge >= 0.3 is 0 Å². The molecule has 3 nitrogen and oxygen atoms in total. The fraction of sp³-hybridized carbons (Fsp3) is 0.538. The summed E-state index contributed by atoms with van der Waals surface area (Å²) in [5.41, 5.74) is 9.71. The molecule has 16 heavy (non-hydrogen) atoms. The molecule has 3 heteroatoms. The van der Waals surface area contributed by atoms with Crippen LogP contribution in [0.5, 0.6) is 0 Å². The van der Waals surface area contributed by atoms with E-state index in [-0.39, 0.29) is 6.04 Å². The van der Waals surface area contributed by atoms with Crippen molar-refractivity contribution in [2.75, 3.05) is 26.9 Å². The Hall–Kier alpha value is -0.900. The van der Waals surface area contributed by atoms with Crippen molar-refractivity contribution in [3.05, 3.63) is 34.9 Å². The highest BCUT2D eigenvalue weighted by Gasteiger charge is 2.06. The highest BCUT2D eigenvalue weighted by molar-refractivity contribution is 5.31. The van der Waals surface area contributed by atoms with Gasteiger partial charge in [0.2, 0.25) is 0 Å². The van der Waals surface area contributed by atoms with Gasteiger partial charge in [-0.05, 0) is 30.5 Å². The van der Waals surface area contributed by atoms with Gasteiger partial charge in [0, 0.05) is 7.11 Å². The molecule has 2 N–H and O–H groups in total. The molecule has 1 aromatic carbocycles. The molecule has 1 atom stereocenters. The van der Waals surface area contributed by atoms with E-state index in [1.807, 2.05) is 0 Å². The molecular formula is C13H21NO2. The lowest BCUT2D eigenvalue weighted by atomic mass is 10.0. The van der Waals surface area contributed by atoms with Gasteiger partial charge in [-0.15, -0.1) is 0 Å². The second-order valence-corrected chi connectivity index (χ2v) is 4.02. The van der Waals surface area contributed by atoms with E-state index in [0.717, 1.165) is 5.56 Å². The number of benzene rings is 1. The van der Waals surface area contributed by atoms with Crippen molar-refractivity contribution < 1.29 is 9.47 Å². The van der Waals surface area contributed by atoms with Crippen LogP contribution in [0.2, 0.25) is 0 Å². The van der Waals surface area contributed by atoms with Gasteiger partial charge in [-0.1, -0.05) is 18.2 Å². The predicted molar refractivity (Wildman–Crippen MR) is 65.5 cm³/mol. The third-order valence-corrected chi connectivity index (χ3v) is 2.69. The van der Waals surface area contributed by atoms with E-state index in [1.165, 1.54) is 11.1 Å². The summed E-state index contributed by atoms with van der Waals surface area (Å²) >= 11 is 0. The van der Waals surface area contributed by atoms with E-state index in [2.05, 4.69) is 32.0 Å². The van der Waals surface area contributed by atoms with Gasteiger partial charge in [0.15, 0.2) is 0 Å². The summed E-state index contributed by atoms with van der Waals surface area (Å²) in [6, 6.07) is 6.22. The number of hydrogen-bond acceptors (Lipinski definition) is 3. The SMILES string of the molecule is COCCOCC(N)c1ccc(C)c(C)c1. The number of rotatable bonds is 6. The third-order valence-electron chi connectivity index (χ3n) is 2.69. The largest absolute Gasteiger partial charge is 0.382 e. The Bertz CT molecular complexity index is 326. The van der Waals surface area contributed by atoms with Crippen LogP contribution in [0, 0.1) is 13.8 Å². The zero-order chi connectivity index (χ0) is 12.0. The summed E-state index contributed by atoms with van der Waals surface area (Å²) in [4.78, 5) is 0. The lowest BCUT2D eigenvalue weighted by Crippen LogP contribution is -2.18. The van der Waals surface area contributed by atoms with Crippen LogP contribution >= 0.6 is 0 Å². The maximum absolute atomic E-state index is 6.03. The summed E-state index contributed by atoms with van der Waals surface area (Å²) < 4.78 is 10.3. The van der Waals surface area contributed by atoms with Crippen LogP contribution < -0.4 is 5.73 Å². The smallest absolute Gasteiger partial charge is 0.0701 e. The molecule has 0 radical (unpaired) electrons. The zero-order valence-electron chi connectivity index (χ0n) is 10.3. The molecule has 0 saturated heterocycles. The number of aryl methyl sites for hydroxylation is 2. The fourth-order valence-electron chi connectivity index (χ4n) is 1.44. The molecule has 0 fully saturated rings. The monoisotopic (exact) mass is 223 g/mol. The van der Waals surface area contributed by atoms with Gasteiger partial charge in [-0.2, -0.15) is 0 Å². The molecule has 1 unspecified atom stereocenters. The van der Waals surface area contributed by atoms with Gasteiger partial charge in [-0.3, -0.25) is 0 Å². The zero-order valence-corrected chi connectivity index (χ0v) is 10.3. The second kappa shape index (κ2) is 6.63. The topological polar surface area (TPSA) is 44.5 Å². The Labute approximate surface area is 97.6 Å². The van der Waals surface area contributed by atoms with Crippen LogP contribution in [-0.2, 0) is 9.47 Å². The van der Waals surface area contributed by atoms with Gasteiger partial charge in [0.05, 0.1) is 25.9 Å². The maximum atomic E-state index is 6.03. The van der Waals surface area contributed by atoms with Gasteiger partial charge in [0.25, 0.3) is 0 Å². The standard InChI is InChI=1S/C13H21NO2/c1-10-4-5-12(8-11(10)2)13(14)9-16-7-6-15-3/h4-5,8,13H,6-7,9,14H2,1-3H3. The molecule has 0 bridgehead atoms. The lowest BCUT2D eigenvalue weighted by molar-refractivity contribution is 0.0636. The molecule has 0 aliphatic carbocycles. The molecular weight excluding hydrogens is 202 g/mol. The maximum Gasteiger partial charge on any atom is 0.0701 e. The third kappa shape index (κ3) is 3.93. The van der Waals surface area contributed by atoms with Crippen molar-refractivity contribution in [2.24, 2.45) is 5.73 Å². The van der Waals surface area contributed by atoms with Crippen LogP contribution in [0.25, 0.3) is 0 Å². The molecule has 0 aromatic heterocycles. The minimum Gasteiger partial charge on any atom is -0.382 e. The molecule has 90 valence electrons. The average Bonchev–Trinajstić information content (AvgIpc) is 2.28. The molecule has 0 spiro atoms. The Morgan fingerprint density at radius 1 is 1.19 bits per heavy atom. The molecule has 0 saturated carbocycles. The van der Waals surface area contributed by atoms with Gasteiger partial charge < -0.3 is 15.2 Å². The van der Waals surface area contributed by atoms with Crippen molar-refractivity contribution in [1.29, 1.82) is 0 Å². The van der Waals surface area contributed by atoms with Crippen molar-refractivity contribution in [3.8, 4) is 0 Å². The Morgan fingerprint density at radius 2 is 1.94 bits per heavy atom. The highest BCUT2D eigenvalue weighted by atomic mass is 16.5. The van der Waals surface area contributed by atoms with Crippen molar-refractivity contribution in [2.45, 2.75) is 19.9 Å². The molecule has 0 heterocycles. The summed E-state index contributed by atoms with van der Waals surface area (Å²) in [7, 11) is 1.66. The second-order valence-electron chi connectivity index (χ2n) is 4.02. The van der Waals surface area contributed by atoms with Crippen LogP contribution in [0.4, 0.5) is 0 Å². The Morgan fingerprint density at radius 3 is 2.56 bits per heavy atom. The number of hydrogen-bond donors (Lipinski definition) is 1. The summed E-state index contributed by atoms with van der Waals surface area (Å²) in [6.07, 6.45) is 0. The van der Waals surface area contributed by atoms with Crippen LogP contribution in [-0.4, -0.2) is 26.9 Å². The first kappa shape index (κ1) is 13.2. The average molecular weight is 223 g/mol. The minimum atomic E-state index is -0.0591.